The van der Waals surface area contributed by atoms with Crippen LogP contribution in [0.2, 0.25) is 0 Å². The number of halogens is 1. The highest BCUT2D eigenvalue weighted by atomic mass is 79.9. The fraction of sp³-hybridized carbons (Fsp3) is 0. The molecule has 0 atom stereocenters. The third-order valence-electron chi connectivity index (χ3n) is 3.13. The molecule has 0 aromatic heterocycles. The Labute approximate surface area is 120 Å². The minimum absolute atomic E-state index is 0.664. The van der Waals surface area contributed by atoms with E-state index in [-0.39, 0.29) is 0 Å². The summed E-state index contributed by atoms with van der Waals surface area (Å²) in [7, 11) is 0. The minimum atomic E-state index is 0.664. The molecular weight excluding hydrogens is 298 g/mol. The third kappa shape index (κ3) is 2.25. The van der Waals surface area contributed by atoms with Crippen molar-refractivity contribution in [2.45, 2.75) is 0 Å². The fourth-order valence-electron chi connectivity index (χ4n) is 2.29. The maximum absolute atomic E-state index is 9.08. The molecule has 90 valence electrons. The minimum Gasteiger partial charge on any atom is -0.192 e. The number of hydrogen-bond acceptors (Lipinski definition) is 1. The Balaban J connectivity index is 2.31. The van der Waals surface area contributed by atoms with Crippen molar-refractivity contribution in [3.63, 3.8) is 0 Å². The van der Waals surface area contributed by atoms with Crippen molar-refractivity contribution in [1.82, 2.24) is 0 Å². The van der Waals surface area contributed by atoms with Gasteiger partial charge in [-0.15, -0.1) is 0 Å². The second-order valence-corrected chi connectivity index (χ2v) is 5.28. The van der Waals surface area contributed by atoms with Gasteiger partial charge in [-0.3, -0.25) is 0 Å². The summed E-state index contributed by atoms with van der Waals surface area (Å²) in [5, 5.41) is 11.5. The molecule has 3 aromatic carbocycles. The fourth-order valence-corrected chi connectivity index (χ4v) is 2.78. The molecule has 0 aliphatic carbocycles. The van der Waals surface area contributed by atoms with Crippen LogP contribution in [0.5, 0.6) is 0 Å². The summed E-state index contributed by atoms with van der Waals surface area (Å²) in [6.07, 6.45) is 0. The van der Waals surface area contributed by atoms with Crippen LogP contribution in [0.1, 0.15) is 5.56 Å². The Hall–Kier alpha value is -2.11. The van der Waals surface area contributed by atoms with Gasteiger partial charge < -0.3 is 0 Å². The monoisotopic (exact) mass is 307 g/mol. The van der Waals surface area contributed by atoms with Crippen molar-refractivity contribution in [1.29, 1.82) is 5.26 Å². The van der Waals surface area contributed by atoms with E-state index in [0.29, 0.717) is 5.56 Å². The number of nitriles is 1. The second kappa shape index (κ2) is 4.87. The molecule has 0 heterocycles. The SMILES string of the molecule is N#Cc1cc(Br)cc(-c2cccc3ccccc23)c1. The molecule has 0 unspecified atom stereocenters. The standard InChI is InChI=1S/C17H10BrN/c18-15-9-12(11-19)8-14(10-15)17-7-3-5-13-4-1-2-6-16(13)17/h1-10H. The van der Waals surface area contributed by atoms with Gasteiger partial charge in [-0.05, 0) is 40.1 Å². The lowest BCUT2D eigenvalue weighted by Gasteiger charge is -2.08. The predicted molar refractivity (Wildman–Crippen MR) is 81.8 cm³/mol. The molecule has 0 N–H and O–H groups in total. The van der Waals surface area contributed by atoms with E-state index in [0.717, 1.165) is 15.6 Å². The molecule has 0 radical (unpaired) electrons. The summed E-state index contributed by atoms with van der Waals surface area (Å²) in [5.74, 6) is 0. The highest BCUT2D eigenvalue weighted by Crippen LogP contribution is 2.31. The number of benzene rings is 3. The molecule has 0 saturated heterocycles. The molecule has 0 aliphatic heterocycles. The van der Waals surface area contributed by atoms with Crippen molar-refractivity contribution in [3.8, 4) is 17.2 Å². The zero-order chi connectivity index (χ0) is 13.2. The lowest BCUT2D eigenvalue weighted by atomic mass is 9.97. The molecule has 0 saturated carbocycles. The van der Waals surface area contributed by atoms with Gasteiger partial charge in [-0.25, -0.2) is 0 Å². The summed E-state index contributed by atoms with van der Waals surface area (Å²) >= 11 is 3.46. The van der Waals surface area contributed by atoms with Crippen molar-refractivity contribution in [2.75, 3.05) is 0 Å². The topological polar surface area (TPSA) is 23.8 Å². The van der Waals surface area contributed by atoms with Crippen LogP contribution in [-0.4, -0.2) is 0 Å². The first-order chi connectivity index (χ1) is 9.28. The van der Waals surface area contributed by atoms with Crippen LogP contribution in [0.3, 0.4) is 0 Å². The van der Waals surface area contributed by atoms with E-state index in [4.69, 9.17) is 5.26 Å². The highest BCUT2D eigenvalue weighted by Gasteiger charge is 2.05. The highest BCUT2D eigenvalue weighted by molar-refractivity contribution is 9.10. The lowest BCUT2D eigenvalue weighted by Crippen LogP contribution is -1.83. The van der Waals surface area contributed by atoms with Gasteiger partial charge in [0.15, 0.2) is 0 Å². The van der Waals surface area contributed by atoms with Crippen LogP contribution in [0.15, 0.2) is 65.1 Å². The Morgan fingerprint density at radius 1 is 0.895 bits per heavy atom. The molecule has 0 aliphatic rings. The first-order valence-electron chi connectivity index (χ1n) is 5.97. The first-order valence-corrected chi connectivity index (χ1v) is 6.76. The Bertz CT molecular complexity index is 794. The van der Waals surface area contributed by atoms with Crippen LogP contribution in [0.25, 0.3) is 21.9 Å². The zero-order valence-electron chi connectivity index (χ0n) is 10.1. The van der Waals surface area contributed by atoms with Gasteiger partial charge >= 0.3 is 0 Å². The van der Waals surface area contributed by atoms with Crippen LogP contribution in [0.4, 0.5) is 0 Å². The quantitative estimate of drug-likeness (QED) is 0.610. The van der Waals surface area contributed by atoms with Crippen LogP contribution < -0.4 is 0 Å². The van der Waals surface area contributed by atoms with Crippen LogP contribution in [0, 0.1) is 11.3 Å². The molecular formula is C17H10BrN. The summed E-state index contributed by atoms with van der Waals surface area (Å²) < 4.78 is 0.925. The van der Waals surface area contributed by atoms with Gasteiger partial charge in [0.05, 0.1) is 11.6 Å². The second-order valence-electron chi connectivity index (χ2n) is 4.37. The van der Waals surface area contributed by atoms with E-state index in [1.807, 2.05) is 36.4 Å². The van der Waals surface area contributed by atoms with Crippen molar-refractivity contribution >= 4 is 26.7 Å². The van der Waals surface area contributed by atoms with Crippen molar-refractivity contribution in [2.24, 2.45) is 0 Å². The predicted octanol–water partition coefficient (Wildman–Crippen LogP) is 5.14. The summed E-state index contributed by atoms with van der Waals surface area (Å²) in [6, 6.07) is 22.5. The summed E-state index contributed by atoms with van der Waals surface area (Å²) in [6.45, 7) is 0. The molecule has 0 amide bonds. The molecule has 3 rings (SSSR count). The van der Waals surface area contributed by atoms with Gasteiger partial charge in [-0.1, -0.05) is 58.4 Å². The van der Waals surface area contributed by atoms with Crippen LogP contribution >= 0.6 is 15.9 Å². The largest absolute Gasteiger partial charge is 0.192 e. The van der Waals surface area contributed by atoms with E-state index in [9.17, 15) is 0 Å². The Morgan fingerprint density at radius 3 is 2.53 bits per heavy atom. The molecule has 19 heavy (non-hydrogen) atoms. The summed E-state index contributed by atoms with van der Waals surface area (Å²) in [5.41, 5.74) is 2.87. The van der Waals surface area contributed by atoms with E-state index in [1.54, 1.807) is 0 Å². The molecule has 0 bridgehead atoms. The van der Waals surface area contributed by atoms with Gasteiger partial charge in [0.2, 0.25) is 0 Å². The number of rotatable bonds is 1. The Kier molecular flexibility index (Phi) is 3.06. The number of nitrogens with zero attached hydrogens (tertiary/aromatic N) is 1. The zero-order valence-corrected chi connectivity index (χ0v) is 11.7. The first kappa shape index (κ1) is 12.0. The third-order valence-corrected chi connectivity index (χ3v) is 3.59. The maximum atomic E-state index is 9.08. The molecule has 2 heteroatoms. The lowest BCUT2D eigenvalue weighted by molar-refractivity contribution is 1.47. The van der Waals surface area contributed by atoms with Crippen molar-refractivity contribution < 1.29 is 0 Å². The molecule has 0 spiro atoms. The van der Waals surface area contributed by atoms with Crippen LogP contribution in [-0.2, 0) is 0 Å². The van der Waals surface area contributed by atoms with Crippen molar-refractivity contribution in [3.05, 3.63) is 70.7 Å². The normalized spacial score (nSPS) is 10.3. The smallest absolute Gasteiger partial charge is 0.0992 e. The van der Waals surface area contributed by atoms with Gasteiger partial charge in [-0.2, -0.15) is 5.26 Å². The number of hydrogen-bond donors (Lipinski definition) is 0. The molecule has 0 fully saturated rings. The van der Waals surface area contributed by atoms with Gasteiger partial charge in [0.25, 0.3) is 0 Å². The van der Waals surface area contributed by atoms with Gasteiger partial charge in [0.1, 0.15) is 0 Å². The molecule has 1 nitrogen and oxygen atoms in total. The van der Waals surface area contributed by atoms with E-state index >= 15 is 0 Å². The molecule has 3 aromatic rings. The van der Waals surface area contributed by atoms with E-state index in [1.165, 1.54) is 10.8 Å². The Morgan fingerprint density at radius 2 is 1.68 bits per heavy atom. The average Bonchev–Trinajstić information content (AvgIpc) is 2.46. The average molecular weight is 308 g/mol. The van der Waals surface area contributed by atoms with Gasteiger partial charge in [0, 0.05) is 4.47 Å². The maximum Gasteiger partial charge on any atom is 0.0992 e. The summed E-state index contributed by atoms with van der Waals surface area (Å²) in [4.78, 5) is 0. The van der Waals surface area contributed by atoms with E-state index in [2.05, 4.69) is 46.3 Å². The number of fused-ring (bicyclic) bond motifs is 1. The van der Waals surface area contributed by atoms with E-state index < -0.39 is 0 Å².